The fourth-order valence-corrected chi connectivity index (χ4v) is 3.39. The summed E-state index contributed by atoms with van der Waals surface area (Å²) in [6.45, 7) is 5.58. The standard InChI is InChI=1S/C16H15ClN6O3S/c1-3-22(4-2)15-18-8-11-14(21-15)27-16(19-11)20-13(24)9-5-6-10(17)12(7-9)23(25)26/h5-8H,3-4H2,1-2H3,(H,19,20,24). The van der Waals surface area contributed by atoms with Crippen molar-refractivity contribution in [3.63, 3.8) is 0 Å². The Kier molecular flexibility index (Phi) is 5.47. The quantitative estimate of drug-likeness (QED) is 0.489. The Morgan fingerprint density at radius 2 is 2.07 bits per heavy atom. The highest BCUT2D eigenvalue weighted by Crippen LogP contribution is 2.28. The number of rotatable bonds is 6. The lowest BCUT2D eigenvalue weighted by molar-refractivity contribution is -0.384. The van der Waals surface area contributed by atoms with E-state index >= 15 is 0 Å². The van der Waals surface area contributed by atoms with E-state index in [0.717, 1.165) is 19.2 Å². The van der Waals surface area contributed by atoms with E-state index in [1.807, 2.05) is 18.7 Å². The normalized spacial score (nSPS) is 10.8. The Bertz CT molecular complexity index is 1020. The van der Waals surface area contributed by atoms with Gasteiger partial charge in [-0.2, -0.15) is 4.98 Å². The van der Waals surface area contributed by atoms with Crippen LogP contribution in [0.2, 0.25) is 5.02 Å². The number of hydrogen-bond acceptors (Lipinski definition) is 8. The second-order valence-electron chi connectivity index (χ2n) is 5.43. The van der Waals surface area contributed by atoms with Crippen LogP contribution in [0.3, 0.4) is 0 Å². The molecular weight excluding hydrogens is 392 g/mol. The highest BCUT2D eigenvalue weighted by atomic mass is 35.5. The number of nitrogens with zero attached hydrogens (tertiary/aromatic N) is 5. The second kappa shape index (κ2) is 7.80. The van der Waals surface area contributed by atoms with E-state index < -0.39 is 10.8 Å². The van der Waals surface area contributed by atoms with Crippen molar-refractivity contribution in [2.75, 3.05) is 23.3 Å². The summed E-state index contributed by atoms with van der Waals surface area (Å²) in [5, 5.41) is 13.9. The number of hydrogen-bond donors (Lipinski definition) is 1. The first-order valence-corrected chi connectivity index (χ1v) is 9.26. The van der Waals surface area contributed by atoms with Crippen molar-refractivity contribution in [1.82, 2.24) is 15.0 Å². The number of fused-ring (bicyclic) bond motifs is 1. The summed E-state index contributed by atoms with van der Waals surface area (Å²) in [6.07, 6.45) is 1.61. The predicted molar refractivity (Wildman–Crippen MR) is 105 cm³/mol. The number of aromatic nitrogens is 3. The summed E-state index contributed by atoms with van der Waals surface area (Å²) < 4.78 is 0. The van der Waals surface area contributed by atoms with Gasteiger partial charge in [0.15, 0.2) is 9.96 Å². The minimum absolute atomic E-state index is 0.0317. The van der Waals surface area contributed by atoms with E-state index in [4.69, 9.17) is 11.6 Å². The molecule has 2 heterocycles. The lowest BCUT2D eigenvalue weighted by atomic mass is 10.2. The van der Waals surface area contributed by atoms with Crippen molar-refractivity contribution in [2.24, 2.45) is 0 Å². The lowest BCUT2D eigenvalue weighted by Crippen LogP contribution is -2.23. The van der Waals surface area contributed by atoms with Gasteiger partial charge in [-0.15, -0.1) is 0 Å². The Balaban J connectivity index is 1.85. The number of halogens is 1. The maximum atomic E-state index is 12.4. The Morgan fingerprint density at radius 1 is 1.33 bits per heavy atom. The maximum absolute atomic E-state index is 12.4. The van der Waals surface area contributed by atoms with Gasteiger partial charge in [0.25, 0.3) is 11.6 Å². The van der Waals surface area contributed by atoms with Crippen molar-refractivity contribution in [2.45, 2.75) is 13.8 Å². The van der Waals surface area contributed by atoms with Crippen molar-refractivity contribution in [3.8, 4) is 0 Å². The summed E-state index contributed by atoms with van der Waals surface area (Å²) in [5.41, 5.74) is 0.344. The lowest BCUT2D eigenvalue weighted by Gasteiger charge is -2.17. The molecule has 0 unspecified atom stereocenters. The second-order valence-corrected chi connectivity index (χ2v) is 6.81. The molecule has 0 radical (unpaired) electrons. The number of nitro groups is 1. The fourth-order valence-electron chi connectivity index (χ4n) is 2.40. The molecule has 0 saturated heterocycles. The number of nitrogens with one attached hydrogen (secondary N) is 1. The Morgan fingerprint density at radius 3 is 2.74 bits per heavy atom. The van der Waals surface area contributed by atoms with E-state index in [-0.39, 0.29) is 16.3 Å². The van der Waals surface area contributed by atoms with Gasteiger partial charge in [-0.1, -0.05) is 22.9 Å². The predicted octanol–water partition coefficient (Wildman–Crippen LogP) is 3.75. The molecule has 1 aromatic carbocycles. The van der Waals surface area contributed by atoms with Gasteiger partial charge >= 0.3 is 0 Å². The van der Waals surface area contributed by atoms with Gasteiger partial charge in [-0.3, -0.25) is 20.2 Å². The van der Waals surface area contributed by atoms with Gasteiger partial charge in [0, 0.05) is 24.7 Å². The molecule has 1 amide bonds. The van der Waals surface area contributed by atoms with Crippen LogP contribution in [0.15, 0.2) is 24.4 Å². The zero-order chi connectivity index (χ0) is 19.6. The molecule has 9 nitrogen and oxygen atoms in total. The monoisotopic (exact) mass is 406 g/mol. The molecule has 140 valence electrons. The van der Waals surface area contributed by atoms with Gasteiger partial charge in [0.2, 0.25) is 5.95 Å². The van der Waals surface area contributed by atoms with Crippen molar-refractivity contribution in [3.05, 3.63) is 45.1 Å². The zero-order valence-corrected chi connectivity index (χ0v) is 16.0. The molecule has 0 aliphatic rings. The Hall–Kier alpha value is -2.85. The van der Waals surface area contributed by atoms with Gasteiger partial charge in [-0.25, -0.2) is 9.97 Å². The first kappa shape index (κ1) is 18.9. The van der Waals surface area contributed by atoms with E-state index in [9.17, 15) is 14.9 Å². The van der Waals surface area contributed by atoms with E-state index in [1.165, 1.54) is 23.5 Å². The topological polar surface area (TPSA) is 114 Å². The minimum Gasteiger partial charge on any atom is -0.341 e. The highest BCUT2D eigenvalue weighted by molar-refractivity contribution is 7.22. The van der Waals surface area contributed by atoms with Crippen LogP contribution < -0.4 is 10.2 Å². The number of benzene rings is 1. The average molecular weight is 407 g/mol. The highest BCUT2D eigenvalue weighted by Gasteiger charge is 2.18. The molecule has 0 spiro atoms. The number of thiazole rings is 1. The summed E-state index contributed by atoms with van der Waals surface area (Å²) in [4.78, 5) is 38.4. The van der Waals surface area contributed by atoms with Crippen LogP contribution in [0.5, 0.6) is 0 Å². The average Bonchev–Trinajstić information content (AvgIpc) is 3.04. The van der Waals surface area contributed by atoms with Crippen molar-refractivity contribution in [1.29, 1.82) is 0 Å². The molecule has 3 rings (SSSR count). The van der Waals surface area contributed by atoms with Crippen LogP contribution >= 0.6 is 22.9 Å². The summed E-state index contributed by atoms with van der Waals surface area (Å²) in [6, 6.07) is 3.86. The molecular formula is C16H15ClN6O3S. The molecule has 0 fully saturated rings. The zero-order valence-electron chi connectivity index (χ0n) is 14.5. The number of amides is 1. The third-order valence-electron chi connectivity index (χ3n) is 3.81. The van der Waals surface area contributed by atoms with Gasteiger partial charge in [-0.05, 0) is 26.0 Å². The molecule has 0 aliphatic heterocycles. The minimum atomic E-state index is -0.638. The molecule has 0 bridgehead atoms. The molecule has 3 aromatic rings. The van der Waals surface area contributed by atoms with E-state index in [2.05, 4.69) is 20.3 Å². The van der Waals surface area contributed by atoms with Crippen LogP contribution in [0.1, 0.15) is 24.2 Å². The fraction of sp³-hybridized carbons (Fsp3) is 0.250. The third kappa shape index (κ3) is 3.96. The first-order chi connectivity index (χ1) is 12.9. The molecule has 0 saturated carbocycles. The van der Waals surface area contributed by atoms with Gasteiger partial charge in [0.1, 0.15) is 10.5 Å². The first-order valence-electron chi connectivity index (χ1n) is 8.06. The summed E-state index contributed by atoms with van der Waals surface area (Å²) >= 11 is 6.98. The van der Waals surface area contributed by atoms with Crippen molar-refractivity contribution < 1.29 is 9.72 Å². The van der Waals surface area contributed by atoms with Crippen LogP contribution in [-0.4, -0.2) is 38.9 Å². The molecule has 11 heteroatoms. The van der Waals surface area contributed by atoms with Crippen LogP contribution in [0.4, 0.5) is 16.8 Å². The molecule has 0 aliphatic carbocycles. The third-order valence-corrected chi connectivity index (χ3v) is 5.01. The molecule has 0 atom stereocenters. The van der Waals surface area contributed by atoms with E-state index in [1.54, 1.807) is 6.20 Å². The smallest absolute Gasteiger partial charge is 0.288 e. The SMILES string of the molecule is CCN(CC)c1ncc2nc(NC(=O)c3ccc(Cl)c([N+](=O)[O-])c3)sc2n1. The Labute approximate surface area is 163 Å². The molecule has 1 N–H and O–H groups in total. The van der Waals surface area contributed by atoms with E-state index in [0.29, 0.717) is 21.4 Å². The molecule has 27 heavy (non-hydrogen) atoms. The number of carbonyl (C=O) groups excluding carboxylic acids is 1. The largest absolute Gasteiger partial charge is 0.341 e. The summed E-state index contributed by atoms with van der Waals surface area (Å²) in [5.74, 6) is 0.0769. The van der Waals surface area contributed by atoms with Crippen molar-refractivity contribution >= 4 is 56.0 Å². The summed E-state index contributed by atoms with van der Waals surface area (Å²) in [7, 11) is 0. The van der Waals surface area contributed by atoms with Crippen LogP contribution in [0, 0.1) is 10.1 Å². The number of nitro benzene ring substituents is 1. The van der Waals surface area contributed by atoms with Gasteiger partial charge < -0.3 is 4.90 Å². The van der Waals surface area contributed by atoms with Gasteiger partial charge in [0.05, 0.1) is 11.1 Å². The number of carbonyl (C=O) groups is 1. The number of anilines is 2. The maximum Gasteiger partial charge on any atom is 0.288 e. The van der Waals surface area contributed by atoms with Crippen LogP contribution in [-0.2, 0) is 0 Å². The molecule has 2 aromatic heterocycles. The van der Waals surface area contributed by atoms with Crippen LogP contribution in [0.25, 0.3) is 10.3 Å².